The van der Waals surface area contributed by atoms with E-state index in [1.54, 1.807) is 72.4 Å². The molecule has 23 heteroatoms. The molecule has 410 valence electrons. The normalized spacial score (nSPS) is 10.1. The van der Waals surface area contributed by atoms with E-state index in [-0.39, 0.29) is 78.8 Å². The first kappa shape index (κ1) is 73.3. The third kappa shape index (κ3) is 43.5. The molecule has 0 spiro atoms. The Bertz CT molecular complexity index is 2310. The molecule has 0 aromatic heterocycles. The van der Waals surface area contributed by atoms with Gasteiger partial charge in [-0.15, -0.1) is 0 Å². The zero-order valence-corrected chi connectivity index (χ0v) is 47.0. The monoisotopic (exact) mass is 1110 g/mol. The van der Waals surface area contributed by atoms with Gasteiger partial charge in [-0.3, -0.25) is 19.2 Å². The van der Waals surface area contributed by atoms with Gasteiger partial charge in [-0.05, 0) is 120 Å². The number of hydrogen-bond donors (Lipinski definition) is 3. The fourth-order valence-electron chi connectivity index (χ4n) is 5.24. The number of carbonyl (C=O) groups is 4. The second-order valence-electron chi connectivity index (χ2n) is 15.4. The topological polar surface area (TPSA) is 283 Å². The summed E-state index contributed by atoms with van der Waals surface area (Å²) >= 11 is 3.58. The molecule has 4 N–H and O–H groups in total. The third-order valence-electron chi connectivity index (χ3n) is 8.91. The number of methoxy groups -OCH3 is 3. The molecule has 0 radical (unpaired) electrons. The average molecular weight is 1110 g/mol. The Labute approximate surface area is 457 Å². The average Bonchev–Trinajstić information content (AvgIpc) is 3.34. The summed E-state index contributed by atoms with van der Waals surface area (Å²) in [5.74, 6) is 3.05. The van der Waals surface area contributed by atoms with Gasteiger partial charge in [-0.25, -0.2) is 16.8 Å². The number of aromatic hydroxyl groups is 1. The van der Waals surface area contributed by atoms with E-state index in [4.69, 9.17) is 29.5 Å². The number of hydrogen-bond acceptors (Lipinski definition) is 19. The van der Waals surface area contributed by atoms with E-state index in [0.29, 0.717) is 56.1 Å². The van der Waals surface area contributed by atoms with Gasteiger partial charge in [0.15, 0.2) is 0 Å². The SMILES string of the molecule is COC(=O)Cc1ccc(O)cc1.COC(=O)Cc1ccc(OCCCS(C)(=O)=O)cc1.COC(=O)Cc1ccc(OCCCSC)cc1.CS(=O)(=O)CCCOc1ccc(CC(=O)O)cc1.CSCCCO.[Li+].[OH-]. The van der Waals surface area contributed by atoms with E-state index in [1.165, 1.54) is 46.0 Å². The summed E-state index contributed by atoms with van der Waals surface area (Å²) in [4.78, 5) is 43.4. The molecule has 0 aliphatic rings. The fourth-order valence-corrected chi connectivity index (χ4v) is 7.35. The maximum Gasteiger partial charge on any atom is 1.00 e. The van der Waals surface area contributed by atoms with Crippen molar-refractivity contribution >= 4 is 67.1 Å². The number of thioether (sulfide) groups is 2. The van der Waals surface area contributed by atoms with Crippen LogP contribution in [0.4, 0.5) is 0 Å². The minimum atomic E-state index is -2.94. The smallest absolute Gasteiger partial charge is 0.870 e. The minimum absolute atomic E-state index is 0. The van der Waals surface area contributed by atoms with Gasteiger partial charge in [0.05, 0.1) is 78.3 Å². The van der Waals surface area contributed by atoms with Crippen LogP contribution in [-0.4, -0.2) is 157 Å². The van der Waals surface area contributed by atoms with Crippen molar-refractivity contribution < 1.29 is 104 Å². The Balaban J connectivity index is -0.000000875. The molecule has 4 aromatic carbocycles. The van der Waals surface area contributed by atoms with Crippen LogP contribution in [0.3, 0.4) is 0 Å². The molecular weight excluding hydrogens is 1040 g/mol. The van der Waals surface area contributed by atoms with Crippen LogP contribution in [0.15, 0.2) is 97.1 Å². The summed E-state index contributed by atoms with van der Waals surface area (Å²) in [6.07, 6.45) is 10.2. The van der Waals surface area contributed by atoms with Gasteiger partial charge >= 0.3 is 42.7 Å². The Kier molecular flexibility index (Phi) is 44.0. The van der Waals surface area contributed by atoms with E-state index in [9.17, 15) is 36.0 Å². The van der Waals surface area contributed by atoms with Gasteiger partial charge in [-0.2, -0.15) is 23.5 Å². The predicted molar refractivity (Wildman–Crippen MR) is 286 cm³/mol. The quantitative estimate of drug-likeness (QED) is 0.0351. The van der Waals surface area contributed by atoms with Crippen molar-refractivity contribution in [3.05, 3.63) is 119 Å². The molecule has 18 nitrogen and oxygen atoms in total. The molecule has 0 aliphatic heterocycles. The molecule has 4 rings (SSSR count). The summed E-state index contributed by atoms with van der Waals surface area (Å²) in [6.45, 7) is 1.74. The van der Waals surface area contributed by atoms with Crippen molar-refractivity contribution in [1.82, 2.24) is 0 Å². The molecule has 0 unspecified atom stereocenters. The Morgan fingerprint density at radius 1 is 0.486 bits per heavy atom. The zero-order chi connectivity index (χ0) is 54.2. The van der Waals surface area contributed by atoms with Gasteiger partial charge in [0.25, 0.3) is 0 Å². The van der Waals surface area contributed by atoms with E-state index >= 15 is 0 Å². The molecular formula is C51H73LiO18S4. The molecule has 0 aliphatic carbocycles. The van der Waals surface area contributed by atoms with Gasteiger partial charge in [0.1, 0.15) is 42.7 Å². The number of esters is 3. The van der Waals surface area contributed by atoms with Crippen LogP contribution in [0.5, 0.6) is 23.0 Å². The Morgan fingerprint density at radius 2 is 0.770 bits per heavy atom. The van der Waals surface area contributed by atoms with Gasteiger partial charge < -0.3 is 49.2 Å². The second-order valence-corrected chi connectivity index (χ2v) is 21.8. The number of carbonyl (C=O) groups excluding carboxylic acids is 3. The van der Waals surface area contributed by atoms with Crippen LogP contribution in [0.25, 0.3) is 0 Å². The molecule has 0 atom stereocenters. The summed E-state index contributed by atoms with van der Waals surface area (Å²) in [6, 6.07) is 27.8. The standard InChI is InChI=1S/C13H18O5S.C13H18O3S.C12H16O5S.C9H10O3.C4H10OS.Li.H2O/c1-17-13(14)10-11-4-6-12(7-5-11)18-8-3-9-19(2,15)16;1-15-13(14)10-11-4-6-12(7-5-11)16-8-3-9-17-2;1-18(15,16)8-2-7-17-11-5-3-10(4-6-11)9-12(13)14;1-12-9(11)6-7-2-4-8(10)5-3-7;1-6-4-2-3-5;;/h4-7H,3,8-10H2,1-2H3;4-7H,3,8-10H2,1-2H3;3-6H,2,7-9H2,1H3,(H,13,14);2-5,10H,6H2,1H3;5H,2-4H2,1H3;;1H2/q;;;;;+1;/p-1. The van der Waals surface area contributed by atoms with Crippen LogP contribution in [0.1, 0.15) is 47.9 Å². The van der Waals surface area contributed by atoms with Crippen molar-refractivity contribution in [2.45, 2.75) is 51.4 Å². The van der Waals surface area contributed by atoms with E-state index < -0.39 is 25.6 Å². The van der Waals surface area contributed by atoms with Gasteiger partial charge in [-0.1, -0.05) is 48.5 Å². The number of ether oxygens (including phenoxy) is 6. The summed E-state index contributed by atoms with van der Waals surface area (Å²) in [5.41, 5.74) is 3.31. The molecule has 0 heterocycles. The number of carboxylic acid groups (broad SMARTS) is 1. The first-order valence-corrected chi connectivity index (χ1v) is 29.4. The Hall–Kier alpha value is -4.92. The molecule has 0 amide bonds. The number of phenolic OH excluding ortho intramolecular Hbond substituents is 1. The molecule has 0 bridgehead atoms. The molecule has 4 aromatic rings. The Morgan fingerprint density at radius 3 is 1.03 bits per heavy atom. The number of aliphatic hydroxyl groups is 1. The fraction of sp³-hybridized carbons (Fsp3) is 0.451. The molecule has 0 saturated heterocycles. The molecule has 0 saturated carbocycles. The van der Waals surface area contributed by atoms with E-state index in [1.807, 2.05) is 42.3 Å². The van der Waals surface area contributed by atoms with Crippen molar-refractivity contribution in [1.29, 1.82) is 0 Å². The number of aliphatic carboxylic acids is 1. The zero-order valence-electron chi connectivity index (χ0n) is 43.7. The largest absolute Gasteiger partial charge is 1.00 e. The van der Waals surface area contributed by atoms with Crippen LogP contribution < -0.4 is 33.1 Å². The van der Waals surface area contributed by atoms with Crippen LogP contribution >= 0.6 is 23.5 Å². The molecule has 0 fully saturated rings. The predicted octanol–water partition coefficient (Wildman–Crippen LogP) is 3.54. The number of carboxylic acids is 1. The third-order valence-corrected chi connectivity index (χ3v) is 12.4. The first-order chi connectivity index (χ1) is 34.2. The maximum atomic E-state index is 11.1. The second kappa shape index (κ2) is 44.4. The van der Waals surface area contributed by atoms with Crippen molar-refractivity contribution in [3.63, 3.8) is 0 Å². The summed E-state index contributed by atoms with van der Waals surface area (Å²) in [7, 11) is -1.78. The summed E-state index contributed by atoms with van der Waals surface area (Å²) < 4.78 is 73.6. The van der Waals surface area contributed by atoms with E-state index in [0.717, 1.165) is 53.4 Å². The number of aliphatic hydroxyl groups excluding tert-OH is 1. The van der Waals surface area contributed by atoms with Gasteiger partial charge in [0, 0.05) is 19.1 Å². The van der Waals surface area contributed by atoms with Crippen LogP contribution in [-0.2, 0) is 78.7 Å². The molecule has 74 heavy (non-hydrogen) atoms. The number of sulfone groups is 2. The summed E-state index contributed by atoms with van der Waals surface area (Å²) in [5, 5.41) is 25.7. The van der Waals surface area contributed by atoms with Crippen molar-refractivity contribution in [2.75, 3.05) is 95.8 Å². The van der Waals surface area contributed by atoms with Crippen molar-refractivity contribution in [3.8, 4) is 23.0 Å². The first-order valence-electron chi connectivity index (χ1n) is 22.5. The minimum Gasteiger partial charge on any atom is -0.870 e. The van der Waals surface area contributed by atoms with Crippen LogP contribution in [0.2, 0.25) is 0 Å². The number of benzene rings is 4. The van der Waals surface area contributed by atoms with E-state index in [2.05, 4.69) is 20.5 Å². The van der Waals surface area contributed by atoms with Crippen LogP contribution in [0, 0.1) is 0 Å². The number of phenols is 1. The van der Waals surface area contributed by atoms with Gasteiger partial charge in [0.2, 0.25) is 0 Å². The van der Waals surface area contributed by atoms with Crippen molar-refractivity contribution in [2.24, 2.45) is 0 Å². The maximum absolute atomic E-state index is 11.1. The number of rotatable bonds is 26.